The van der Waals surface area contributed by atoms with Crippen molar-refractivity contribution in [2.45, 2.75) is 70.3 Å². The van der Waals surface area contributed by atoms with Crippen molar-refractivity contribution in [1.29, 1.82) is 5.26 Å². The Morgan fingerprint density at radius 1 is 0.400 bits per heavy atom. The van der Waals surface area contributed by atoms with Gasteiger partial charge >= 0.3 is 64.2 Å². The van der Waals surface area contributed by atoms with Crippen molar-refractivity contribution in [2.75, 3.05) is 0 Å². The molecule has 0 atom stereocenters. The maximum atomic E-state index is 13.7. The number of rotatable bonds is 18. The lowest BCUT2D eigenvalue weighted by atomic mass is 10.1. The summed E-state index contributed by atoms with van der Waals surface area (Å²) in [5.41, 5.74) is -2.02. The minimum absolute atomic E-state index is 0.166. The maximum absolute atomic E-state index is 13.7. The van der Waals surface area contributed by atoms with Crippen molar-refractivity contribution in [1.82, 2.24) is 0 Å². The second-order valence-electron chi connectivity index (χ2n) is 13.1. The predicted molar refractivity (Wildman–Crippen MR) is 236 cm³/mol. The van der Waals surface area contributed by atoms with Gasteiger partial charge in [0, 0.05) is 92.0 Å². The van der Waals surface area contributed by atoms with Crippen LogP contribution in [0.2, 0.25) is 0 Å². The van der Waals surface area contributed by atoms with E-state index < -0.39 is 136 Å². The van der Waals surface area contributed by atoms with E-state index >= 15 is 0 Å². The second kappa shape index (κ2) is 23.1. The zero-order chi connectivity index (χ0) is 58.9. The number of halogens is 24. The Labute approximate surface area is 450 Å². The van der Waals surface area contributed by atoms with E-state index in [9.17, 15) is 112 Å². The van der Waals surface area contributed by atoms with Crippen LogP contribution < -0.4 is 18.9 Å². The van der Waals surface area contributed by atoms with Crippen LogP contribution in [-0.2, 0) is 38.5 Å². The standard InChI is InChI=1S/C16H6Br2Cl2F8O6S2.C16H6Br2F10O6S2.C2H3N/c17-13(21,22)15(25,26)33-9-3-1-7(5-11(9)35(19,29)30)8-2-4-10(12(6-8)36(20,31)32)34-16(27,28)14(18,23)24;17-13(19,20)15(23,24)33-9-3-1-7(5-11(9)35(27,29)30)8-2-4-10(12(6-8)36(28,31)32)34-16(25,26)14(18,21)22;1-2-3/h2*1-6H;1H3. The number of hydrogen-bond donors (Lipinski definition) is 0. The van der Waals surface area contributed by atoms with E-state index in [0.717, 1.165) is 12.1 Å². The fourth-order valence-corrected chi connectivity index (χ4v) is 8.15. The van der Waals surface area contributed by atoms with Crippen molar-refractivity contribution >= 4 is 124 Å². The molecule has 13 nitrogen and oxygen atoms in total. The lowest BCUT2D eigenvalue weighted by molar-refractivity contribution is -0.267. The van der Waals surface area contributed by atoms with Gasteiger partial charge < -0.3 is 18.9 Å². The molecule has 0 aliphatic heterocycles. The monoisotopic (exact) mass is 1480 g/mol. The van der Waals surface area contributed by atoms with Crippen molar-refractivity contribution in [3.05, 3.63) is 72.8 Å². The molecular formula is C34H15Br4Cl2F18NO12S4. The molecule has 0 aliphatic carbocycles. The molecule has 0 unspecified atom stereocenters. The third-order valence-electron chi connectivity index (χ3n) is 7.76. The summed E-state index contributed by atoms with van der Waals surface area (Å²) in [6.07, 6.45) is -21.4. The van der Waals surface area contributed by atoms with E-state index in [-0.39, 0.29) is 35.4 Å². The van der Waals surface area contributed by atoms with Gasteiger partial charge in [-0.1, -0.05) is 24.3 Å². The molecule has 420 valence electrons. The molecule has 0 aromatic heterocycles. The van der Waals surface area contributed by atoms with Gasteiger partial charge in [-0.3, -0.25) is 0 Å². The molecule has 0 N–H and O–H groups in total. The highest BCUT2D eigenvalue weighted by molar-refractivity contribution is 9.10. The molecule has 41 heteroatoms. The Kier molecular flexibility index (Phi) is 20.9. The highest BCUT2D eigenvalue weighted by Crippen LogP contribution is 2.48. The Bertz CT molecular complexity index is 2870. The molecule has 0 saturated heterocycles. The van der Waals surface area contributed by atoms with E-state index in [1.165, 1.54) is 70.6 Å². The SMILES string of the molecule is CC#N.O=S(=O)(Cl)c1cc(-c2ccc(OC(F)(F)C(F)(F)Br)c(S(=O)(=O)Cl)c2)ccc1OC(F)(F)C(F)(F)Br.O=S(=O)(F)c1cc(-c2ccc(OC(F)(F)C(F)(F)Br)c(S(=O)(=O)F)c2)ccc1OC(F)(F)C(F)(F)Br. The fourth-order valence-electron chi connectivity index (χ4n) is 4.63. The molecule has 0 spiro atoms. The molecule has 0 saturated carbocycles. The van der Waals surface area contributed by atoms with E-state index in [1.807, 2.05) is 0 Å². The van der Waals surface area contributed by atoms with Crippen LogP contribution in [0, 0.1) is 11.3 Å². The normalized spacial score (nSPS) is 13.5. The van der Waals surface area contributed by atoms with Crippen LogP contribution in [0.15, 0.2) is 92.4 Å². The van der Waals surface area contributed by atoms with Crippen LogP contribution in [0.25, 0.3) is 22.3 Å². The van der Waals surface area contributed by atoms with E-state index in [0.29, 0.717) is 36.4 Å². The maximum Gasteiger partial charge on any atom is 0.475 e. The van der Waals surface area contributed by atoms with Crippen molar-refractivity contribution < 1.29 is 131 Å². The summed E-state index contributed by atoms with van der Waals surface area (Å²) >= 11 is 5.33. The Morgan fingerprint density at radius 2 is 0.560 bits per heavy atom. The summed E-state index contributed by atoms with van der Waals surface area (Å²) < 4.78 is 347. The van der Waals surface area contributed by atoms with Gasteiger partial charge in [-0.25, -0.2) is 16.8 Å². The highest BCUT2D eigenvalue weighted by atomic mass is 79.9. The van der Waals surface area contributed by atoms with Crippen molar-refractivity contribution in [3.8, 4) is 51.3 Å². The number of benzene rings is 4. The van der Waals surface area contributed by atoms with Gasteiger partial charge in [0.05, 0.1) is 6.07 Å². The molecule has 4 aromatic carbocycles. The van der Waals surface area contributed by atoms with E-state index in [4.69, 9.17) is 26.6 Å². The van der Waals surface area contributed by atoms with E-state index in [2.05, 4.69) is 18.9 Å². The van der Waals surface area contributed by atoms with Gasteiger partial charge in [-0.15, -0.1) is 7.77 Å². The number of ether oxygens (including phenoxy) is 4. The first-order valence-electron chi connectivity index (χ1n) is 17.4. The summed E-state index contributed by atoms with van der Waals surface area (Å²) in [6, 6.07) is 7.14. The zero-order valence-electron chi connectivity index (χ0n) is 34.5. The molecule has 75 heavy (non-hydrogen) atoms. The molecule has 0 amide bonds. The Hall–Kier alpha value is -3.39. The Morgan fingerprint density at radius 3 is 0.707 bits per heavy atom. The molecule has 4 aromatic rings. The van der Waals surface area contributed by atoms with Gasteiger partial charge in [0.1, 0.15) is 42.6 Å². The first-order chi connectivity index (χ1) is 33.1. The Balaban J connectivity index is 0.000000488. The average Bonchev–Trinajstić information content (AvgIpc) is 3.18. The average molecular weight is 1490 g/mol. The summed E-state index contributed by atoms with van der Waals surface area (Å²) in [6.45, 7) is 1.43. The van der Waals surface area contributed by atoms with Crippen LogP contribution in [0.5, 0.6) is 23.0 Å². The molecule has 0 aliphatic rings. The van der Waals surface area contributed by atoms with Crippen molar-refractivity contribution in [3.63, 3.8) is 0 Å². The first kappa shape index (κ1) is 67.7. The van der Waals surface area contributed by atoms with Crippen LogP contribution in [0.4, 0.5) is 78.0 Å². The molecule has 0 bridgehead atoms. The zero-order valence-corrected chi connectivity index (χ0v) is 45.6. The molecule has 0 radical (unpaired) electrons. The van der Waals surface area contributed by atoms with Gasteiger partial charge in [0.2, 0.25) is 0 Å². The van der Waals surface area contributed by atoms with Crippen LogP contribution >= 0.6 is 85.1 Å². The summed E-state index contributed by atoms with van der Waals surface area (Å²) in [5, 5.41) is 7.32. The smallest absolute Gasteiger partial charge is 0.426 e. The third-order valence-corrected chi connectivity index (χ3v) is 14.0. The largest absolute Gasteiger partial charge is 0.475 e. The number of nitrogens with zero attached hydrogens (tertiary/aromatic N) is 1. The summed E-state index contributed by atoms with van der Waals surface area (Å²) in [7, 11) is -11.6. The fraction of sp³-hybridized carbons (Fsp3) is 0.265. The third kappa shape index (κ3) is 17.8. The summed E-state index contributed by atoms with van der Waals surface area (Å²) in [5.74, 6) is -5.96. The minimum Gasteiger partial charge on any atom is -0.426 e. The summed E-state index contributed by atoms with van der Waals surface area (Å²) in [4.78, 5) is -26.1. The molecule has 0 heterocycles. The minimum atomic E-state index is -5.99. The first-order valence-corrected chi connectivity index (χ1v) is 27.9. The van der Waals surface area contributed by atoms with Crippen LogP contribution in [-0.4, -0.2) is 77.4 Å². The predicted octanol–water partition coefficient (Wildman–Crippen LogP) is 14.2. The topological polar surface area (TPSA) is 197 Å². The molecular weight excluding hydrogens is 1480 g/mol. The van der Waals surface area contributed by atoms with Crippen LogP contribution in [0.1, 0.15) is 6.92 Å². The number of alkyl halides is 20. The lowest BCUT2D eigenvalue weighted by Crippen LogP contribution is -2.40. The van der Waals surface area contributed by atoms with Gasteiger partial charge in [0.15, 0.2) is 0 Å². The molecule has 4 rings (SSSR count). The highest BCUT2D eigenvalue weighted by Gasteiger charge is 2.61. The van der Waals surface area contributed by atoms with E-state index in [1.54, 1.807) is 6.07 Å². The van der Waals surface area contributed by atoms with Gasteiger partial charge in [-0.05, 0) is 70.8 Å². The second-order valence-corrected chi connectivity index (χ2v) is 24.8. The number of nitriles is 1. The van der Waals surface area contributed by atoms with Crippen LogP contribution in [0.3, 0.4) is 0 Å². The lowest BCUT2D eigenvalue weighted by Gasteiger charge is -2.23. The molecule has 0 fully saturated rings. The van der Waals surface area contributed by atoms with Gasteiger partial charge in [-0.2, -0.15) is 92.3 Å². The van der Waals surface area contributed by atoms with Crippen molar-refractivity contribution in [2.24, 2.45) is 0 Å². The quantitative estimate of drug-likeness (QED) is 0.0518. The number of hydrogen-bond acceptors (Lipinski definition) is 13. The van der Waals surface area contributed by atoms with Gasteiger partial charge in [0.25, 0.3) is 18.1 Å².